The minimum absolute atomic E-state index is 0.258. The van der Waals surface area contributed by atoms with Crippen molar-refractivity contribution in [2.75, 3.05) is 6.54 Å². The average molecular weight is 300 g/mol. The molecule has 21 heavy (non-hydrogen) atoms. The van der Waals surface area contributed by atoms with E-state index in [0.29, 0.717) is 31.5 Å². The van der Waals surface area contributed by atoms with Gasteiger partial charge in [-0.1, -0.05) is 0 Å². The minimum Gasteiger partial charge on any atom is -0.323 e. The van der Waals surface area contributed by atoms with Gasteiger partial charge in [0.05, 0.1) is 11.6 Å². The van der Waals surface area contributed by atoms with Crippen molar-refractivity contribution in [3.05, 3.63) is 35.1 Å². The highest BCUT2D eigenvalue weighted by Gasteiger charge is 2.35. The highest BCUT2D eigenvalue weighted by molar-refractivity contribution is 5.95. The van der Waals surface area contributed by atoms with Gasteiger partial charge in [-0.25, -0.2) is 4.39 Å². The molecule has 1 heterocycles. The fraction of sp³-hybridized carbons (Fsp3) is 0.429. The van der Waals surface area contributed by atoms with Crippen LogP contribution >= 0.6 is 0 Å². The van der Waals surface area contributed by atoms with Crippen LogP contribution in [-0.4, -0.2) is 23.4 Å². The van der Waals surface area contributed by atoms with Gasteiger partial charge in [0.1, 0.15) is 11.9 Å². The van der Waals surface area contributed by atoms with Gasteiger partial charge in [-0.2, -0.15) is 18.4 Å². The number of alkyl halides is 3. The molecule has 1 fully saturated rings. The van der Waals surface area contributed by atoms with Gasteiger partial charge in [0, 0.05) is 12.1 Å². The molecule has 0 radical (unpaired) electrons. The molecule has 0 aliphatic carbocycles. The molecular formula is C14H12F4N2O. The van der Waals surface area contributed by atoms with E-state index in [1.165, 1.54) is 4.90 Å². The zero-order chi connectivity index (χ0) is 15.6. The van der Waals surface area contributed by atoms with Crippen molar-refractivity contribution in [1.82, 2.24) is 4.90 Å². The van der Waals surface area contributed by atoms with Gasteiger partial charge in [0.2, 0.25) is 0 Å². The summed E-state index contributed by atoms with van der Waals surface area (Å²) in [6.07, 6.45) is -2.89. The Morgan fingerprint density at radius 1 is 1.33 bits per heavy atom. The monoisotopic (exact) mass is 300 g/mol. The average Bonchev–Trinajstić information content (AvgIpc) is 2.45. The third-order valence-electron chi connectivity index (χ3n) is 3.43. The molecule has 1 atom stereocenters. The lowest BCUT2D eigenvalue weighted by Gasteiger charge is -2.31. The van der Waals surface area contributed by atoms with Crippen LogP contribution in [0, 0.1) is 17.1 Å². The molecule has 0 N–H and O–H groups in total. The predicted molar refractivity (Wildman–Crippen MR) is 65.7 cm³/mol. The number of carbonyl (C=O) groups is 1. The molecule has 1 aromatic rings. The molecule has 1 aliphatic heterocycles. The SMILES string of the molecule is N#CC1CCCCN1C(=O)c1ccc(F)c(C(F)(F)F)c1. The number of nitriles is 1. The summed E-state index contributed by atoms with van der Waals surface area (Å²) in [4.78, 5) is 13.5. The lowest BCUT2D eigenvalue weighted by Crippen LogP contribution is -2.43. The third-order valence-corrected chi connectivity index (χ3v) is 3.43. The van der Waals surface area contributed by atoms with Crippen LogP contribution in [0.15, 0.2) is 18.2 Å². The van der Waals surface area contributed by atoms with Gasteiger partial charge >= 0.3 is 6.18 Å². The Labute approximate surface area is 118 Å². The van der Waals surface area contributed by atoms with Gasteiger partial charge in [0.15, 0.2) is 0 Å². The van der Waals surface area contributed by atoms with Crippen LogP contribution in [0.1, 0.15) is 35.2 Å². The van der Waals surface area contributed by atoms with Gasteiger partial charge < -0.3 is 4.90 Å². The number of carbonyl (C=O) groups excluding carboxylic acids is 1. The number of hydrogen-bond donors (Lipinski definition) is 0. The lowest BCUT2D eigenvalue weighted by molar-refractivity contribution is -0.140. The second-order valence-corrected chi connectivity index (χ2v) is 4.83. The largest absolute Gasteiger partial charge is 0.419 e. The summed E-state index contributed by atoms with van der Waals surface area (Å²) in [5.74, 6) is -2.10. The summed E-state index contributed by atoms with van der Waals surface area (Å²) in [7, 11) is 0. The number of rotatable bonds is 1. The molecule has 0 bridgehead atoms. The van der Waals surface area contributed by atoms with E-state index in [0.717, 1.165) is 12.5 Å². The lowest BCUT2D eigenvalue weighted by atomic mass is 10.0. The summed E-state index contributed by atoms with van der Waals surface area (Å²) < 4.78 is 51.2. The van der Waals surface area contributed by atoms with Crippen molar-refractivity contribution in [2.45, 2.75) is 31.5 Å². The maximum Gasteiger partial charge on any atom is 0.419 e. The smallest absolute Gasteiger partial charge is 0.323 e. The second kappa shape index (κ2) is 5.72. The predicted octanol–water partition coefficient (Wildman–Crippen LogP) is 3.36. The molecule has 3 nitrogen and oxygen atoms in total. The van der Waals surface area contributed by atoms with E-state index in [-0.39, 0.29) is 5.56 Å². The Bertz CT molecular complexity index is 592. The van der Waals surface area contributed by atoms with Crippen LogP contribution in [0.2, 0.25) is 0 Å². The number of benzene rings is 1. The van der Waals surface area contributed by atoms with Crippen LogP contribution in [0.3, 0.4) is 0 Å². The van der Waals surface area contributed by atoms with Crippen LogP contribution in [0.25, 0.3) is 0 Å². The van der Waals surface area contributed by atoms with Gasteiger partial charge in [0.25, 0.3) is 5.91 Å². The highest BCUT2D eigenvalue weighted by Crippen LogP contribution is 2.32. The van der Waals surface area contributed by atoms with E-state index in [9.17, 15) is 22.4 Å². The van der Waals surface area contributed by atoms with Crippen molar-refractivity contribution < 1.29 is 22.4 Å². The first-order valence-corrected chi connectivity index (χ1v) is 6.42. The topological polar surface area (TPSA) is 44.1 Å². The number of likely N-dealkylation sites (tertiary alicyclic amines) is 1. The molecule has 0 aromatic heterocycles. The van der Waals surface area contributed by atoms with Gasteiger partial charge in [-0.3, -0.25) is 4.79 Å². The summed E-state index contributed by atoms with van der Waals surface area (Å²) in [6, 6.07) is 3.46. The van der Waals surface area contributed by atoms with E-state index in [1.54, 1.807) is 0 Å². The molecule has 1 aromatic carbocycles. The summed E-state index contributed by atoms with van der Waals surface area (Å²) in [5.41, 5.74) is -1.73. The van der Waals surface area contributed by atoms with Gasteiger partial charge in [-0.05, 0) is 37.5 Å². The Morgan fingerprint density at radius 3 is 2.67 bits per heavy atom. The van der Waals surface area contributed by atoms with Crippen LogP contribution < -0.4 is 0 Å². The molecule has 112 valence electrons. The highest BCUT2D eigenvalue weighted by atomic mass is 19.4. The molecule has 1 saturated heterocycles. The normalized spacial score (nSPS) is 19.2. The molecule has 0 saturated carbocycles. The van der Waals surface area contributed by atoms with Crippen LogP contribution in [0.5, 0.6) is 0 Å². The maximum atomic E-state index is 13.2. The first kappa shape index (κ1) is 15.3. The summed E-state index contributed by atoms with van der Waals surface area (Å²) in [6.45, 7) is 0.315. The van der Waals surface area contributed by atoms with Crippen LogP contribution in [0.4, 0.5) is 17.6 Å². The Hall–Kier alpha value is -2.10. The Balaban J connectivity index is 2.34. The standard InChI is InChI=1S/C14H12F4N2O/c15-12-5-4-9(7-11(12)14(16,17)18)13(21)20-6-2-1-3-10(20)8-19/h4-5,7,10H,1-3,6H2. The van der Waals surface area contributed by atoms with Crippen molar-refractivity contribution in [2.24, 2.45) is 0 Å². The first-order valence-electron chi connectivity index (χ1n) is 6.42. The summed E-state index contributed by atoms with van der Waals surface area (Å²) >= 11 is 0. The zero-order valence-electron chi connectivity index (χ0n) is 11.0. The third kappa shape index (κ3) is 3.15. The van der Waals surface area contributed by atoms with E-state index in [2.05, 4.69) is 0 Å². The molecular weight excluding hydrogens is 288 g/mol. The van der Waals surface area contributed by atoms with E-state index < -0.39 is 29.5 Å². The quantitative estimate of drug-likeness (QED) is 0.746. The Morgan fingerprint density at radius 2 is 2.05 bits per heavy atom. The number of amides is 1. The second-order valence-electron chi connectivity index (χ2n) is 4.83. The molecule has 1 amide bonds. The van der Waals surface area contributed by atoms with E-state index in [1.807, 2.05) is 6.07 Å². The maximum absolute atomic E-state index is 13.2. The van der Waals surface area contributed by atoms with Crippen molar-refractivity contribution in [3.8, 4) is 6.07 Å². The fourth-order valence-electron chi connectivity index (χ4n) is 2.35. The van der Waals surface area contributed by atoms with E-state index >= 15 is 0 Å². The Kier molecular flexibility index (Phi) is 4.16. The molecule has 1 aliphatic rings. The molecule has 7 heteroatoms. The molecule has 1 unspecified atom stereocenters. The number of hydrogen-bond acceptors (Lipinski definition) is 2. The number of piperidine rings is 1. The van der Waals surface area contributed by atoms with Gasteiger partial charge in [-0.15, -0.1) is 0 Å². The van der Waals surface area contributed by atoms with Crippen molar-refractivity contribution >= 4 is 5.91 Å². The summed E-state index contributed by atoms with van der Waals surface area (Å²) in [5, 5.41) is 9.00. The number of halogens is 4. The fourth-order valence-corrected chi connectivity index (χ4v) is 2.35. The van der Waals surface area contributed by atoms with Crippen molar-refractivity contribution in [1.29, 1.82) is 5.26 Å². The van der Waals surface area contributed by atoms with E-state index in [4.69, 9.17) is 5.26 Å². The van der Waals surface area contributed by atoms with Crippen molar-refractivity contribution in [3.63, 3.8) is 0 Å². The number of nitrogens with zero attached hydrogens (tertiary/aromatic N) is 2. The first-order chi connectivity index (χ1) is 9.84. The molecule has 0 spiro atoms. The molecule has 2 rings (SSSR count). The van der Waals surface area contributed by atoms with Crippen LogP contribution in [-0.2, 0) is 6.18 Å². The minimum atomic E-state index is -4.86. The zero-order valence-corrected chi connectivity index (χ0v) is 11.0.